The van der Waals surface area contributed by atoms with Gasteiger partial charge in [0, 0.05) is 11.3 Å². The van der Waals surface area contributed by atoms with Crippen LogP contribution < -0.4 is 14.8 Å². The van der Waals surface area contributed by atoms with Crippen LogP contribution in [0.1, 0.15) is 29.8 Å². The Morgan fingerprint density at radius 2 is 1.85 bits per heavy atom. The third-order valence-electron chi connectivity index (χ3n) is 3.71. The first-order chi connectivity index (χ1) is 13.0. The number of carbonyl (C=O) groups excluding carboxylic acids is 2. The van der Waals surface area contributed by atoms with Crippen molar-refractivity contribution in [3.05, 3.63) is 59.2 Å². The van der Waals surface area contributed by atoms with E-state index >= 15 is 0 Å². The monoisotopic (exact) mass is 364 g/mol. The largest absolute Gasteiger partial charge is 0.493 e. The van der Waals surface area contributed by atoms with Crippen molar-refractivity contribution in [3.8, 4) is 17.6 Å². The lowest BCUT2D eigenvalue weighted by molar-refractivity contribution is -0.112. The van der Waals surface area contributed by atoms with E-state index in [2.05, 4.69) is 5.32 Å². The summed E-state index contributed by atoms with van der Waals surface area (Å²) in [5.74, 6) is 0.504. The third-order valence-corrected chi connectivity index (χ3v) is 3.71. The first-order valence-electron chi connectivity index (χ1n) is 8.33. The fourth-order valence-electron chi connectivity index (χ4n) is 2.35. The van der Waals surface area contributed by atoms with Crippen LogP contribution in [0.4, 0.5) is 5.69 Å². The molecule has 0 spiro atoms. The molecular weight excluding hydrogens is 344 g/mol. The van der Waals surface area contributed by atoms with Crippen LogP contribution >= 0.6 is 0 Å². The Labute approximate surface area is 158 Å². The summed E-state index contributed by atoms with van der Waals surface area (Å²) < 4.78 is 10.7. The van der Waals surface area contributed by atoms with Gasteiger partial charge >= 0.3 is 0 Å². The minimum absolute atomic E-state index is 0.0585. The number of carbonyl (C=O) groups is 2. The molecule has 0 aliphatic heterocycles. The van der Waals surface area contributed by atoms with Crippen molar-refractivity contribution >= 4 is 23.5 Å². The van der Waals surface area contributed by atoms with Gasteiger partial charge in [-0.1, -0.05) is 6.07 Å². The number of methoxy groups -OCH3 is 1. The van der Waals surface area contributed by atoms with Crippen LogP contribution in [0.3, 0.4) is 0 Å². The standard InChI is InChI=1S/C21H20N2O4/c1-4-27-19-10-5-15(12-20(19)26-3)11-17(13-22)21(25)23-18-8-6-16(7-9-18)14(2)24/h5-12H,4H2,1-3H3,(H,23,25)/b17-11+. The number of anilines is 1. The zero-order chi connectivity index (χ0) is 19.8. The Bertz CT molecular complexity index is 909. The van der Waals surface area contributed by atoms with Crippen molar-refractivity contribution < 1.29 is 19.1 Å². The van der Waals surface area contributed by atoms with Gasteiger partial charge in [-0.2, -0.15) is 5.26 Å². The summed E-state index contributed by atoms with van der Waals surface area (Å²) in [5.41, 5.74) is 1.62. The van der Waals surface area contributed by atoms with Crippen molar-refractivity contribution in [1.29, 1.82) is 5.26 Å². The summed E-state index contributed by atoms with van der Waals surface area (Å²) in [4.78, 5) is 23.7. The fourth-order valence-corrected chi connectivity index (χ4v) is 2.35. The molecule has 0 saturated heterocycles. The predicted molar refractivity (Wildman–Crippen MR) is 103 cm³/mol. The number of rotatable bonds is 7. The Kier molecular flexibility index (Phi) is 6.73. The average Bonchev–Trinajstić information content (AvgIpc) is 2.67. The van der Waals surface area contributed by atoms with Gasteiger partial charge in [0.2, 0.25) is 0 Å². The Morgan fingerprint density at radius 1 is 1.15 bits per heavy atom. The minimum atomic E-state index is -0.541. The molecule has 0 unspecified atom stereocenters. The van der Waals surface area contributed by atoms with E-state index in [9.17, 15) is 14.9 Å². The first kappa shape index (κ1) is 19.7. The van der Waals surface area contributed by atoms with Crippen molar-refractivity contribution in [2.45, 2.75) is 13.8 Å². The molecule has 0 aromatic heterocycles. The summed E-state index contributed by atoms with van der Waals surface area (Å²) in [7, 11) is 1.52. The van der Waals surface area contributed by atoms with Crippen molar-refractivity contribution in [2.24, 2.45) is 0 Å². The van der Waals surface area contributed by atoms with Crippen LogP contribution in [0, 0.1) is 11.3 Å². The highest BCUT2D eigenvalue weighted by Gasteiger charge is 2.11. The third kappa shape index (κ3) is 5.19. The van der Waals surface area contributed by atoms with E-state index in [4.69, 9.17) is 9.47 Å². The van der Waals surface area contributed by atoms with Gasteiger partial charge < -0.3 is 14.8 Å². The maximum Gasteiger partial charge on any atom is 0.266 e. The number of nitriles is 1. The van der Waals surface area contributed by atoms with Crippen LogP contribution in [-0.4, -0.2) is 25.4 Å². The molecule has 0 fully saturated rings. The van der Waals surface area contributed by atoms with Gasteiger partial charge in [-0.05, 0) is 61.9 Å². The van der Waals surface area contributed by atoms with Gasteiger partial charge in [-0.15, -0.1) is 0 Å². The molecule has 0 atom stereocenters. The van der Waals surface area contributed by atoms with E-state index in [0.717, 1.165) is 0 Å². The Hall–Kier alpha value is -3.59. The van der Waals surface area contributed by atoms with Crippen molar-refractivity contribution in [3.63, 3.8) is 0 Å². The molecular formula is C21H20N2O4. The SMILES string of the molecule is CCOc1ccc(/C=C(\C#N)C(=O)Nc2ccc(C(C)=O)cc2)cc1OC. The van der Waals surface area contributed by atoms with Gasteiger partial charge in [-0.3, -0.25) is 9.59 Å². The zero-order valence-corrected chi connectivity index (χ0v) is 15.4. The molecule has 1 amide bonds. The second-order valence-corrected chi connectivity index (χ2v) is 5.60. The molecule has 2 aromatic rings. The molecule has 6 heteroatoms. The maximum absolute atomic E-state index is 12.4. The topological polar surface area (TPSA) is 88.4 Å². The lowest BCUT2D eigenvalue weighted by Crippen LogP contribution is -2.13. The number of hydrogen-bond donors (Lipinski definition) is 1. The smallest absolute Gasteiger partial charge is 0.266 e. The van der Waals surface area contributed by atoms with Gasteiger partial charge in [0.05, 0.1) is 13.7 Å². The van der Waals surface area contributed by atoms with E-state index < -0.39 is 5.91 Å². The maximum atomic E-state index is 12.4. The van der Waals surface area contributed by atoms with E-state index in [1.807, 2.05) is 13.0 Å². The van der Waals surface area contributed by atoms with Gasteiger partial charge in [0.1, 0.15) is 11.6 Å². The highest BCUT2D eigenvalue weighted by molar-refractivity contribution is 6.09. The van der Waals surface area contributed by atoms with Gasteiger partial charge in [-0.25, -0.2) is 0 Å². The lowest BCUT2D eigenvalue weighted by atomic mass is 10.1. The molecule has 0 aliphatic rings. The van der Waals surface area contributed by atoms with Crippen LogP contribution in [0.5, 0.6) is 11.5 Å². The Balaban J connectivity index is 2.21. The van der Waals surface area contributed by atoms with E-state index in [1.54, 1.807) is 42.5 Å². The summed E-state index contributed by atoms with van der Waals surface area (Å²) in [6.45, 7) is 3.84. The van der Waals surface area contributed by atoms with E-state index in [0.29, 0.717) is 34.9 Å². The van der Waals surface area contributed by atoms with E-state index in [1.165, 1.54) is 20.1 Å². The summed E-state index contributed by atoms with van der Waals surface area (Å²) >= 11 is 0. The lowest BCUT2D eigenvalue weighted by Gasteiger charge is -2.10. The van der Waals surface area contributed by atoms with Crippen molar-refractivity contribution in [2.75, 3.05) is 19.0 Å². The molecule has 6 nitrogen and oxygen atoms in total. The minimum Gasteiger partial charge on any atom is -0.493 e. The number of nitrogens with zero attached hydrogens (tertiary/aromatic N) is 1. The van der Waals surface area contributed by atoms with Crippen molar-refractivity contribution in [1.82, 2.24) is 0 Å². The molecule has 27 heavy (non-hydrogen) atoms. The van der Waals surface area contributed by atoms with Gasteiger partial charge in [0.15, 0.2) is 17.3 Å². The highest BCUT2D eigenvalue weighted by Crippen LogP contribution is 2.29. The average molecular weight is 364 g/mol. The normalized spacial score (nSPS) is 10.7. The molecule has 1 N–H and O–H groups in total. The van der Waals surface area contributed by atoms with Crippen LogP contribution in [-0.2, 0) is 4.79 Å². The van der Waals surface area contributed by atoms with Crippen LogP contribution in [0.15, 0.2) is 48.0 Å². The number of hydrogen-bond acceptors (Lipinski definition) is 5. The number of amides is 1. The second kappa shape index (κ2) is 9.20. The first-order valence-corrected chi connectivity index (χ1v) is 8.33. The molecule has 2 aromatic carbocycles. The fraction of sp³-hybridized carbons (Fsp3) is 0.190. The predicted octanol–water partition coefficient (Wildman–Crippen LogP) is 3.84. The van der Waals surface area contributed by atoms with Crippen LogP contribution in [0.2, 0.25) is 0 Å². The number of nitrogens with one attached hydrogen (secondary N) is 1. The molecule has 0 saturated carbocycles. The highest BCUT2D eigenvalue weighted by atomic mass is 16.5. The summed E-state index contributed by atoms with van der Waals surface area (Å²) in [5, 5.41) is 12.0. The Morgan fingerprint density at radius 3 is 2.41 bits per heavy atom. The molecule has 2 rings (SSSR count). The number of benzene rings is 2. The molecule has 0 radical (unpaired) electrons. The van der Waals surface area contributed by atoms with Gasteiger partial charge in [0.25, 0.3) is 5.91 Å². The number of ketones is 1. The second-order valence-electron chi connectivity index (χ2n) is 5.60. The number of ether oxygens (including phenoxy) is 2. The van der Waals surface area contributed by atoms with Crippen LogP contribution in [0.25, 0.3) is 6.08 Å². The molecule has 0 heterocycles. The molecule has 138 valence electrons. The summed E-state index contributed by atoms with van der Waals surface area (Å²) in [6, 6.07) is 13.5. The molecule has 0 aliphatic carbocycles. The summed E-state index contributed by atoms with van der Waals surface area (Å²) in [6.07, 6.45) is 1.47. The molecule has 0 bridgehead atoms. The quantitative estimate of drug-likeness (QED) is 0.458. The zero-order valence-electron chi connectivity index (χ0n) is 15.4. The van der Waals surface area contributed by atoms with E-state index in [-0.39, 0.29) is 11.4 Å². The number of Topliss-reactive ketones (excluding diaryl/α,β-unsaturated/α-hetero) is 1.